The highest BCUT2D eigenvalue weighted by atomic mass is 16.5. The number of aryl methyl sites for hydroxylation is 1. The molecule has 4 aromatic rings. The first-order valence-electron chi connectivity index (χ1n) is 11.8. The lowest BCUT2D eigenvalue weighted by Gasteiger charge is -2.36. The highest BCUT2D eigenvalue weighted by Crippen LogP contribution is 2.49. The molecule has 0 fully saturated rings. The molecule has 0 spiro atoms. The molecule has 3 heteroatoms. The minimum atomic E-state index is -0.285. The summed E-state index contributed by atoms with van der Waals surface area (Å²) in [4.78, 5) is 16.8. The number of hydrogen-bond acceptors (Lipinski definition) is 3. The van der Waals surface area contributed by atoms with Gasteiger partial charge >= 0.3 is 5.97 Å². The van der Waals surface area contributed by atoms with Crippen LogP contribution in [0.15, 0.2) is 79.0 Å². The molecular weight excluding hydrogens is 418 g/mol. The van der Waals surface area contributed by atoms with Gasteiger partial charge in [0.1, 0.15) is 0 Å². The van der Waals surface area contributed by atoms with E-state index in [1.807, 2.05) is 44.3 Å². The molecule has 0 radical (unpaired) electrons. The smallest absolute Gasteiger partial charge is 0.338 e. The number of nitrogens with zero attached hydrogens (tertiary/aromatic N) is 1. The van der Waals surface area contributed by atoms with Gasteiger partial charge in [0.05, 0.1) is 12.2 Å². The molecule has 0 saturated heterocycles. The number of carbonyl (C=O) groups is 1. The largest absolute Gasteiger partial charge is 0.462 e. The maximum Gasteiger partial charge on any atom is 0.338 e. The molecule has 1 aromatic heterocycles. The third-order valence-corrected chi connectivity index (χ3v) is 6.75. The molecule has 34 heavy (non-hydrogen) atoms. The van der Waals surface area contributed by atoms with E-state index in [1.165, 1.54) is 33.0 Å². The quantitative estimate of drug-likeness (QED) is 0.307. The average molecular weight is 448 g/mol. The molecule has 0 saturated carbocycles. The molecule has 1 aliphatic carbocycles. The Kier molecular flexibility index (Phi) is 5.57. The maximum atomic E-state index is 12.2. The lowest BCUT2D eigenvalue weighted by molar-refractivity contribution is 0.0526. The summed E-state index contributed by atoms with van der Waals surface area (Å²) >= 11 is 0. The average Bonchev–Trinajstić information content (AvgIpc) is 2.84. The van der Waals surface area contributed by atoms with Crippen molar-refractivity contribution in [3.63, 3.8) is 0 Å². The van der Waals surface area contributed by atoms with Crippen LogP contribution in [0, 0.1) is 6.92 Å². The summed E-state index contributed by atoms with van der Waals surface area (Å²) in [5.74, 6) is -0.285. The number of carbonyl (C=O) groups excluding carboxylic acids is 1. The van der Waals surface area contributed by atoms with Crippen LogP contribution in [0.2, 0.25) is 0 Å². The van der Waals surface area contributed by atoms with Crippen LogP contribution in [-0.4, -0.2) is 17.6 Å². The fraction of sp³-hybridized carbons (Fsp3) is 0.226. The van der Waals surface area contributed by atoms with Crippen LogP contribution < -0.4 is 0 Å². The van der Waals surface area contributed by atoms with E-state index in [-0.39, 0.29) is 11.4 Å². The molecule has 3 nitrogen and oxygen atoms in total. The summed E-state index contributed by atoms with van der Waals surface area (Å²) in [7, 11) is 0. The number of ether oxygens (including phenoxy) is 1. The van der Waals surface area contributed by atoms with Crippen LogP contribution >= 0.6 is 0 Å². The predicted molar refractivity (Wildman–Crippen MR) is 139 cm³/mol. The Hall–Kier alpha value is -3.72. The number of allylic oxidation sites excluding steroid dienone is 1. The van der Waals surface area contributed by atoms with Crippen molar-refractivity contribution >= 4 is 27.9 Å². The Morgan fingerprint density at radius 3 is 2.26 bits per heavy atom. The maximum absolute atomic E-state index is 12.2. The zero-order valence-electron chi connectivity index (χ0n) is 20.2. The zero-order valence-corrected chi connectivity index (χ0v) is 20.2. The van der Waals surface area contributed by atoms with Crippen molar-refractivity contribution in [1.82, 2.24) is 4.98 Å². The Morgan fingerprint density at radius 2 is 1.62 bits per heavy atom. The van der Waals surface area contributed by atoms with Gasteiger partial charge < -0.3 is 4.74 Å². The van der Waals surface area contributed by atoms with Crippen molar-refractivity contribution in [2.75, 3.05) is 6.61 Å². The molecule has 1 heterocycles. The van der Waals surface area contributed by atoms with E-state index in [2.05, 4.69) is 67.4 Å². The highest BCUT2D eigenvalue weighted by Gasteiger charge is 2.34. The third-order valence-electron chi connectivity index (χ3n) is 6.75. The second kappa shape index (κ2) is 8.57. The molecule has 5 rings (SSSR count). The molecule has 3 aromatic carbocycles. The fourth-order valence-corrected chi connectivity index (χ4v) is 5.01. The minimum Gasteiger partial charge on any atom is -0.462 e. The van der Waals surface area contributed by atoms with Crippen molar-refractivity contribution in [2.24, 2.45) is 0 Å². The van der Waals surface area contributed by atoms with E-state index in [9.17, 15) is 4.79 Å². The molecule has 0 unspecified atom stereocenters. The van der Waals surface area contributed by atoms with Gasteiger partial charge in [-0.1, -0.05) is 56.3 Å². The number of benzene rings is 3. The second-order valence-corrected chi connectivity index (χ2v) is 9.65. The summed E-state index contributed by atoms with van der Waals surface area (Å²) in [6.45, 7) is 8.84. The van der Waals surface area contributed by atoms with Gasteiger partial charge in [0.25, 0.3) is 0 Å². The summed E-state index contributed by atoms with van der Waals surface area (Å²) in [6.07, 6.45) is 2.87. The van der Waals surface area contributed by atoms with E-state index in [0.29, 0.717) is 12.2 Å². The van der Waals surface area contributed by atoms with Crippen molar-refractivity contribution < 1.29 is 9.53 Å². The van der Waals surface area contributed by atoms with Crippen LogP contribution in [0.1, 0.15) is 65.5 Å². The summed E-state index contributed by atoms with van der Waals surface area (Å²) in [6, 6.07) is 25.3. The topological polar surface area (TPSA) is 39.2 Å². The van der Waals surface area contributed by atoms with Gasteiger partial charge in [-0.25, -0.2) is 4.79 Å². The Labute approximate surface area is 201 Å². The number of hydrogen-bond donors (Lipinski definition) is 0. The number of aromatic nitrogens is 1. The Morgan fingerprint density at radius 1 is 0.941 bits per heavy atom. The Balaban J connectivity index is 1.76. The number of esters is 1. The van der Waals surface area contributed by atoms with Gasteiger partial charge in [-0.05, 0) is 94.6 Å². The van der Waals surface area contributed by atoms with Crippen LogP contribution in [0.25, 0.3) is 21.9 Å². The summed E-state index contributed by atoms with van der Waals surface area (Å²) < 4.78 is 5.18. The fourth-order valence-electron chi connectivity index (χ4n) is 5.01. The second-order valence-electron chi connectivity index (χ2n) is 9.65. The molecule has 0 atom stereocenters. The van der Waals surface area contributed by atoms with Gasteiger partial charge in [-0.15, -0.1) is 0 Å². The monoisotopic (exact) mass is 447 g/mol. The molecular formula is C31H29NO2. The van der Waals surface area contributed by atoms with Gasteiger partial charge in [0.15, 0.2) is 0 Å². The Bertz CT molecular complexity index is 1410. The number of fused-ring (bicyclic) bond motifs is 2. The van der Waals surface area contributed by atoms with E-state index in [4.69, 9.17) is 4.74 Å². The molecule has 1 aliphatic rings. The number of pyridine rings is 1. The number of rotatable bonds is 4. The van der Waals surface area contributed by atoms with E-state index in [0.717, 1.165) is 23.2 Å². The van der Waals surface area contributed by atoms with Crippen molar-refractivity contribution in [1.29, 1.82) is 0 Å². The van der Waals surface area contributed by atoms with Gasteiger partial charge in [-0.2, -0.15) is 0 Å². The minimum absolute atomic E-state index is 0.0455. The standard InChI is InChI=1S/C31H29NO2/c1-5-34-30(33)22-14-12-21(13-15-22)27-18-31(3,4)28-17-24-9-7-6-8-23(24)16-26(28)29(27)25-11-10-20(2)32-19-25/h6-17,19H,5,18H2,1-4H3. The van der Waals surface area contributed by atoms with Gasteiger partial charge in [-0.3, -0.25) is 4.98 Å². The van der Waals surface area contributed by atoms with Gasteiger partial charge in [0.2, 0.25) is 0 Å². The van der Waals surface area contributed by atoms with Crippen LogP contribution in [0.4, 0.5) is 0 Å². The molecule has 0 bridgehead atoms. The lowest BCUT2D eigenvalue weighted by atomic mass is 9.67. The van der Waals surface area contributed by atoms with E-state index >= 15 is 0 Å². The summed E-state index contributed by atoms with van der Waals surface area (Å²) in [5.41, 5.74) is 8.86. The lowest BCUT2D eigenvalue weighted by Crippen LogP contribution is -2.24. The predicted octanol–water partition coefficient (Wildman–Crippen LogP) is 7.36. The first kappa shape index (κ1) is 22.1. The van der Waals surface area contributed by atoms with Gasteiger partial charge in [0, 0.05) is 17.5 Å². The highest BCUT2D eigenvalue weighted by molar-refractivity contribution is 6.04. The first-order chi connectivity index (χ1) is 16.4. The van der Waals surface area contributed by atoms with Crippen LogP contribution in [-0.2, 0) is 10.2 Å². The third kappa shape index (κ3) is 3.92. The molecule has 0 N–H and O–H groups in total. The zero-order chi connectivity index (χ0) is 23.9. The molecule has 170 valence electrons. The van der Waals surface area contributed by atoms with E-state index in [1.54, 1.807) is 0 Å². The van der Waals surface area contributed by atoms with Crippen LogP contribution in [0.3, 0.4) is 0 Å². The van der Waals surface area contributed by atoms with Crippen molar-refractivity contribution in [3.05, 3.63) is 113 Å². The van der Waals surface area contributed by atoms with Crippen LogP contribution in [0.5, 0.6) is 0 Å². The molecule has 0 amide bonds. The van der Waals surface area contributed by atoms with E-state index < -0.39 is 0 Å². The van der Waals surface area contributed by atoms with Crippen molar-refractivity contribution in [2.45, 2.75) is 39.5 Å². The molecule has 0 aliphatic heterocycles. The first-order valence-corrected chi connectivity index (χ1v) is 11.8. The summed E-state index contributed by atoms with van der Waals surface area (Å²) in [5, 5.41) is 2.49. The normalized spacial score (nSPS) is 14.7. The van der Waals surface area contributed by atoms with Crippen molar-refractivity contribution in [3.8, 4) is 0 Å². The SMILES string of the molecule is CCOC(=O)c1ccc(C2=C(c3ccc(C)nc3)c3cc4ccccc4cc3C(C)(C)C2)cc1.